The number of halogens is 2. The topological polar surface area (TPSA) is 46.3 Å². The van der Waals surface area contributed by atoms with Crippen LogP contribution in [0, 0.1) is 5.82 Å². The number of nitrogens with zero attached hydrogens (tertiary/aromatic N) is 1. The van der Waals surface area contributed by atoms with E-state index in [1.165, 1.54) is 12.1 Å². The van der Waals surface area contributed by atoms with Crippen molar-refractivity contribution in [3.63, 3.8) is 0 Å². The van der Waals surface area contributed by atoms with Crippen LogP contribution in [0.1, 0.15) is 31.9 Å². The van der Waals surface area contributed by atoms with Crippen molar-refractivity contribution in [2.75, 3.05) is 0 Å². The Morgan fingerprint density at radius 2 is 2.17 bits per heavy atom. The van der Waals surface area contributed by atoms with Gasteiger partial charge in [-0.2, -0.15) is 0 Å². The van der Waals surface area contributed by atoms with Crippen LogP contribution in [-0.4, -0.2) is 22.9 Å². The molecule has 98 valence electrons. The minimum Gasteiger partial charge on any atom is -0.332 e. The number of benzene rings is 1. The third kappa shape index (κ3) is 2.22. The molecule has 1 amide bonds. The third-order valence-corrected chi connectivity index (χ3v) is 3.55. The molecule has 1 aliphatic heterocycles. The summed E-state index contributed by atoms with van der Waals surface area (Å²) in [6.45, 7) is 3.85. The zero-order chi connectivity index (χ0) is 13.4. The summed E-state index contributed by atoms with van der Waals surface area (Å²) in [6, 6.07) is 4.05. The van der Waals surface area contributed by atoms with Crippen molar-refractivity contribution < 1.29 is 9.18 Å². The number of hydrogen-bond donors (Lipinski definition) is 1. The number of hydrogen-bond acceptors (Lipinski definition) is 2. The lowest BCUT2D eigenvalue weighted by molar-refractivity contribution is -0.130. The SMILES string of the molecule is CC(C)N1C(=O)C[C@H](N)[C@@H]1c1ccc(Cl)c(F)c1. The fourth-order valence-electron chi connectivity index (χ4n) is 2.49. The minimum atomic E-state index is -0.482. The van der Waals surface area contributed by atoms with Gasteiger partial charge in [0.15, 0.2) is 0 Å². The Morgan fingerprint density at radius 3 is 2.72 bits per heavy atom. The molecule has 0 bridgehead atoms. The fourth-order valence-corrected chi connectivity index (χ4v) is 2.61. The highest BCUT2D eigenvalue weighted by Gasteiger charge is 2.40. The second-order valence-corrected chi connectivity index (χ2v) is 5.29. The van der Waals surface area contributed by atoms with Crippen LogP contribution in [0.5, 0.6) is 0 Å². The average molecular weight is 271 g/mol. The number of carbonyl (C=O) groups is 1. The Kier molecular flexibility index (Phi) is 3.59. The molecule has 5 heteroatoms. The van der Waals surface area contributed by atoms with E-state index in [4.69, 9.17) is 17.3 Å². The van der Waals surface area contributed by atoms with Crippen LogP contribution in [0.15, 0.2) is 18.2 Å². The van der Waals surface area contributed by atoms with Gasteiger partial charge >= 0.3 is 0 Å². The summed E-state index contributed by atoms with van der Waals surface area (Å²) in [5.74, 6) is -0.470. The van der Waals surface area contributed by atoms with Crippen LogP contribution in [0.3, 0.4) is 0 Å². The van der Waals surface area contributed by atoms with Crippen LogP contribution in [0.25, 0.3) is 0 Å². The van der Waals surface area contributed by atoms with Crippen molar-refractivity contribution in [3.8, 4) is 0 Å². The summed E-state index contributed by atoms with van der Waals surface area (Å²) in [5, 5.41) is 0.0766. The van der Waals surface area contributed by atoms with Crippen molar-refractivity contribution in [2.24, 2.45) is 5.73 Å². The van der Waals surface area contributed by atoms with Crippen LogP contribution >= 0.6 is 11.6 Å². The maximum atomic E-state index is 13.5. The predicted molar refractivity (Wildman–Crippen MR) is 68.7 cm³/mol. The molecule has 1 saturated heterocycles. The van der Waals surface area contributed by atoms with Gasteiger partial charge in [0.05, 0.1) is 11.1 Å². The normalized spacial score (nSPS) is 24.1. The summed E-state index contributed by atoms with van der Waals surface area (Å²) in [7, 11) is 0. The van der Waals surface area contributed by atoms with E-state index in [1.807, 2.05) is 13.8 Å². The molecule has 1 fully saturated rings. The van der Waals surface area contributed by atoms with Gasteiger partial charge in [-0.1, -0.05) is 17.7 Å². The molecule has 1 heterocycles. The molecule has 1 aliphatic rings. The monoisotopic (exact) mass is 270 g/mol. The van der Waals surface area contributed by atoms with Crippen LogP contribution in [0.4, 0.5) is 4.39 Å². The van der Waals surface area contributed by atoms with Gasteiger partial charge in [0.2, 0.25) is 5.91 Å². The molecule has 0 spiro atoms. The van der Waals surface area contributed by atoms with Gasteiger partial charge in [-0.05, 0) is 31.5 Å². The second kappa shape index (κ2) is 4.86. The molecular formula is C13H16ClFN2O. The molecule has 0 aliphatic carbocycles. The predicted octanol–water partition coefficient (Wildman–Crippen LogP) is 2.49. The lowest BCUT2D eigenvalue weighted by atomic mass is 10.00. The molecule has 3 nitrogen and oxygen atoms in total. The Labute approximate surface area is 111 Å². The first-order chi connectivity index (χ1) is 8.41. The van der Waals surface area contributed by atoms with E-state index in [9.17, 15) is 9.18 Å². The van der Waals surface area contributed by atoms with Gasteiger partial charge in [0.25, 0.3) is 0 Å². The molecule has 18 heavy (non-hydrogen) atoms. The first-order valence-electron chi connectivity index (χ1n) is 5.93. The average Bonchev–Trinajstić information content (AvgIpc) is 2.57. The largest absolute Gasteiger partial charge is 0.332 e. The highest BCUT2D eigenvalue weighted by Crippen LogP contribution is 2.34. The molecular weight excluding hydrogens is 255 g/mol. The molecule has 0 aromatic heterocycles. The number of carbonyl (C=O) groups excluding carboxylic acids is 1. The first kappa shape index (κ1) is 13.3. The van der Waals surface area contributed by atoms with E-state index in [1.54, 1.807) is 11.0 Å². The summed E-state index contributed by atoms with van der Waals surface area (Å²) in [6.07, 6.45) is 0.299. The van der Waals surface area contributed by atoms with Crippen molar-refractivity contribution >= 4 is 17.5 Å². The Morgan fingerprint density at radius 1 is 1.50 bits per heavy atom. The summed E-state index contributed by atoms with van der Waals surface area (Å²) in [5.41, 5.74) is 6.70. The number of nitrogens with two attached hydrogens (primary N) is 1. The van der Waals surface area contributed by atoms with Crippen LogP contribution in [-0.2, 0) is 4.79 Å². The van der Waals surface area contributed by atoms with Crippen molar-refractivity contribution in [1.82, 2.24) is 4.90 Å². The maximum Gasteiger partial charge on any atom is 0.225 e. The van der Waals surface area contributed by atoms with E-state index >= 15 is 0 Å². The smallest absolute Gasteiger partial charge is 0.225 e. The standard InChI is InChI=1S/C13H16ClFN2O/c1-7(2)17-12(18)6-11(16)13(17)8-3-4-9(14)10(15)5-8/h3-5,7,11,13H,6,16H2,1-2H3/t11-,13-/m0/s1. The van der Waals surface area contributed by atoms with Gasteiger partial charge in [-0.15, -0.1) is 0 Å². The van der Waals surface area contributed by atoms with Gasteiger partial charge in [-0.25, -0.2) is 4.39 Å². The lowest BCUT2D eigenvalue weighted by Crippen LogP contribution is -2.37. The molecule has 2 rings (SSSR count). The third-order valence-electron chi connectivity index (χ3n) is 3.25. The lowest BCUT2D eigenvalue weighted by Gasteiger charge is -2.30. The molecule has 2 N–H and O–H groups in total. The maximum absolute atomic E-state index is 13.5. The second-order valence-electron chi connectivity index (χ2n) is 4.88. The van der Waals surface area contributed by atoms with E-state index in [-0.39, 0.29) is 29.1 Å². The molecule has 0 radical (unpaired) electrons. The highest BCUT2D eigenvalue weighted by atomic mass is 35.5. The zero-order valence-corrected chi connectivity index (χ0v) is 11.1. The zero-order valence-electron chi connectivity index (χ0n) is 10.4. The Balaban J connectivity index is 2.40. The van der Waals surface area contributed by atoms with Gasteiger partial charge in [0.1, 0.15) is 5.82 Å². The van der Waals surface area contributed by atoms with E-state index in [0.29, 0.717) is 12.0 Å². The fraction of sp³-hybridized carbons (Fsp3) is 0.462. The van der Waals surface area contributed by atoms with Crippen LogP contribution in [0.2, 0.25) is 5.02 Å². The first-order valence-corrected chi connectivity index (χ1v) is 6.31. The summed E-state index contributed by atoms with van der Waals surface area (Å²) in [4.78, 5) is 13.6. The van der Waals surface area contributed by atoms with E-state index < -0.39 is 5.82 Å². The highest BCUT2D eigenvalue weighted by molar-refractivity contribution is 6.30. The molecule has 1 aromatic rings. The Hall–Kier alpha value is -1.13. The van der Waals surface area contributed by atoms with E-state index in [2.05, 4.69) is 0 Å². The molecule has 2 atom stereocenters. The summed E-state index contributed by atoms with van der Waals surface area (Å²) >= 11 is 5.66. The number of amides is 1. The minimum absolute atomic E-state index is 0.0119. The van der Waals surface area contributed by atoms with Crippen LogP contribution < -0.4 is 5.73 Å². The van der Waals surface area contributed by atoms with Crippen molar-refractivity contribution in [1.29, 1.82) is 0 Å². The van der Waals surface area contributed by atoms with Crippen molar-refractivity contribution in [3.05, 3.63) is 34.6 Å². The van der Waals surface area contributed by atoms with E-state index in [0.717, 1.165) is 0 Å². The molecule has 0 unspecified atom stereocenters. The molecule has 0 saturated carbocycles. The van der Waals surface area contributed by atoms with Gasteiger partial charge in [-0.3, -0.25) is 4.79 Å². The van der Waals surface area contributed by atoms with Gasteiger partial charge < -0.3 is 10.6 Å². The number of rotatable bonds is 2. The van der Waals surface area contributed by atoms with Gasteiger partial charge in [0, 0.05) is 18.5 Å². The van der Waals surface area contributed by atoms with Crippen molar-refractivity contribution in [2.45, 2.75) is 38.4 Å². The molecule has 1 aromatic carbocycles. The quantitative estimate of drug-likeness (QED) is 0.897. The summed E-state index contributed by atoms with van der Waals surface area (Å²) < 4.78 is 13.5. The Bertz CT molecular complexity index is 478. The number of likely N-dealkylation sites (tertiary alicyclic amines) is 1.